The SMILES string of the molecule is c1ccc(Cn2nnnc2[C@@H](c2cccnc2)N2CCN(C3CCCCC3)CC2)cc1. The monoisotopic (exact) mass is 417 g/mol. The summed E-state index contributed by atoms with van der Waals surface area (Å²) >= 11 is 0. The first-order valence-corrected chi connectivity index (χ1v) is 11.6. The highest BCUT2D eigenvalue weighted by Gasteiger charge is 2.32. The fourth-order valence-corrected chi connectivity index (χ4v) is 5.14. The molecule has 0 spiro atoms. The summed E-state index contributed by atoms with van der Waals surface area (Å²) in [5, 5.41) is 12.9. The molecule has 1 aliphatic carbocycles. The number of hydrogen-bond donors (Lipinski definition) is 0. The summed E-state index contributed by atoms with van der Waals surface area (Å²) in [6.07, 6.45) is 10.7. The number of hydrogen-bond acceptors (Lipinski definition) is 6. The Kier molecular flexibility index (Phi) is 6.32. The first-order chi connectivity index (χ1) is 15.4. The lowest BCUT2D eigenvalue weighted by atomic mass is 9.93. The number of benzene rings is 1. The summed E-state index contributed by atoms with van der Waals surface area (Å²) in [6, 6.07) is 15.3. The maximum atomic E-state index is 4.49. The van der Waals surface area contributed by atoms with Crippen LogP contribution in [-0.4, -0.2) is 67.2 Å². The number of nitrogens with zero attached hydrogens (tertiary/aromatic N) is 7. The smallest absolute Gasteiger partial charge is 0.173 e. The van der Waals surface area contributed by atoms with Gasteiger partial charge < -0.3 is 0 Å². The van der Waals surface area contributed by atoms with E-state index in [0.29, 0.717) is 6.54 Å². The van der Waals surface area contributed by atoms with E-state index in [1.807, 2.05) is 29.2 Å². The Labute approximate surface area is 184 Å². The standard InChI is InChI=1S/C24H31N7/c1-3-8-20(9-4-1)19-31-24(26-27-28-31)23(21-10-7-13-25-18-21)30-16-14-29(15-17-30)22-11-5-2-6-12-22/h1,3-4,7-10,13,18,22-23H,2,5-6,11-12,14-17,19H2/t23-/m1/s1. The molecule has 3 aromatic rings. The minimum absolute atomic E-state index is 0.0147. The van der Waals surface area contributed by atoms with E-state index in [-0.39, 0.29) is 6.04 Å². The fourth-order valence-electron chi connectivity index (χ4n) is 5.14. The third-order valence-corrected chi connectivity index (χ3v) is 6.78. The molecule has 2 aliphatic rings. The maximum Gasteiger partial charge on any atom is 0.173 e. The topological polar surface area (TPSA) is 63.0 Å². The predicted molar refractivity (Wildman–Crippen MR) is 119 cm³/mol. The van der Waals surface area contributed by atoms with Crippen molar-refractivity contribution in [1.29, 1.82) is 0 Å². The van der Waals surface area contributed by atoms with Crippen LogP contribution in [0.5, 0.6) is 0 Å². The van der Waals surface area contributed by atoms with Gasteiger partial charge in [0.1, 0.15) is 0 Å². The third-order valence-electron chi connectivity index (χ3n) is 6.78. The molecule has 1 saturated heterocycles. The zero-order valence-electron chi connectivity index (χ0n) is 18.1. The van der Waals surface area contributed by atoms with Crippen LogP contribution in [-0.2, 0) is 6.54 Å². The van der Waals surface area contributed by atoms with Crippen molar-refractivity contribution in [2.24, 2.45) is 0 Å². The second-order valence-corrected chi connectivity index (χ2v) is 8.73. The van der Waals surface area contributed by atoms with Crippen LogP contribution in [0, 0.1) is 0 Å². The Morgan fingerprint density at radius 3 is 2.45 bits per heavy atom. The molecule has 7 heteroatoms. The predicted octanol–water partition coefficient (Wildman–Crippen LogP) is 3.16. The molecule has 162 valence electrons. The molecule has 1 aromatic carbocycles. The van der Waals surface area contributed by atoms with E-state index in [4.69, 9.17) is 0 Å². The first kappa shape index (κ1) is 20.3. The van der Waals surface area contributed by atoms with Gasteiger partial charge in [0.2, 0.25) is 0 Å². The van der Waals surface area contributed by atoms with Crippen LogP contribution in [0.15, 0.2) is 54.9 Å². The number of tetrazole rings is 1. The van der Waals surface area contributed by atoms with Gasteiger partial charge in [-0.1, -0.05) is 55.7 Å². The van der Waals surface area contributed by atoms with E-state index in [1.165, 1.54) is 37.7 Å². The second-order valence-electron chi connectivity index (χ2n) is 8.73. The quantitative estimate of drug-likeness (QED) is 0.614. The molecule has 5 rings (SSSR count). The lowest BCUT2D eigenvalue weighted by Gasteiger charge is -2.43. The normalized spacial score (nSPS) is 20.0. The molecule has 2 fully saturated rings. The van der Waals surface area contributed by atoms with Crippen molar-refractivity contribution in [2.75, 3.05) is 26.2 Å². The molecule has 0 N–H and O–H groups in total. The van der Waals surface area contributed by atoms with Crippen molar-refractivity contribution in [1.82, 2.24) is 35.0 Å². The zero-order valence-corrected chi connectivity index (χ0v) is 18.1. The molecule has 0 unspecified atom stereocenters. The van der Waals surface area contributed by atoms with Crippen LogP contribution >= 0.6 is 0 Å². The van der Waals surface area contributed by atoms with E-state index in [9.17, 15) is 0 Å². The van der Waals surface area contributed by atoms with Gasteiger partial charge in [0.15, 0.2) is 5.82 Å². The third kappa shape index (κ3) is 4.67. The van der Waals surface area contributed by atoms with E-state index < -0.39 is 0 Å². The van der Waals surface area contributed by atoms with E-state index >= 15 is 0 Å². The van der Waals surface area contributed by atoms with Gasteiger partial charge in [-0.15, -0.1) is 5.10 Å². The van der Waals surface area contributed by atoms with Gasteiger partial charge in [-0.05, 0) is 40.5 Å². The zero-order chi connectivity index (χ0) is 20.9. The minimum atomic E-state index is 0.0147. The highest BCUT2D eigenvalue weighted by Crippen LogP contribution is 2.30. The summed E-state index contributed by atoms with van der Waals surface area (Å²) in [4.78, 5) is 9.64. The van der Waals surface area contributed by atoms with Gasteiger partial charge in [0.05, 0.1) is 12.6 Å². The Morgan fingerprint density at radius 1 is 0.903 bits per heavy atom. The van der Waals surface area contributed by atoms with Gasteiger partial charge in [-0.25, -0.2) is 4.68 Å². The maximum absolute atomic E-state index is 4.49. The number of pyridine rings is 1. The minimum Gasteiger partial charge on any atom is -0.298 e. The van der Waals surface area contributed by atoms with Crippen LogP contribution < -0.4 is 0 Å². The summed E-state index contributed by atoms with van der Waals surface area (Å²) in [5.74, 6) is 0.892. The van der Waals surface area contributed by atoms with Crippen molar-refractivity contribution in [3.63, 3.8) is 0 Å². The molecular formula is C24H31N7. The van der Waals surface area contributed by atoms with Crippen LogP contribution in [0.2, 0.25) is 0 Å². The molecule has 0 bridgehead atoms. The number of aromatic nitrogens is 5. The van der Waals surface area contributed by atoms with Gasteiger partial charge in [-0.3, -0.25) is 14.8 Å². The van der Waals surface area contributed by atoms with Crippen LogP contribution in [0.3, 0.4) is 0 Å². The Morgan fingerprint density at radius 2 is 1.71 bits per heavy atom. The lowest BCUT2D eigenvalue weighted by Crippen LogP contribution is -2.52. The van der Waals surface area contributed by atoms with Crippen LogP contribution in [0.1, 0.15) is 55.1 Å². The molecule has 1 saturated carbocycles. The molecule has 1 atom stereocenters. The fraction of sp³-hybridized carbons (Fsp3) is 0.500. The Hall–Kier alpha value is -2.64. The van der Waals surface area contributed by atoms with E-state index in [2.05, 4.69) is 60.6 Å². The van der Waals surface area contributed by atoms with Crippen molar-refractivity contribution < 1.29 is 0 Å². The first-order valence-electron chi connectivity index (χ1n) is 11.6. The second kappa shape index (κ2) is 9.66. The van der Waals surface area contributed by atoms with Gasteiger partial charge >= 0.3 is 0 Å². The Bertz CT molecular complexity index is 929. The van der Waals surface area contributed by atoms with Crippen molar-refractivity contribution in [3.8, 4) is 0 Å². The molecule has 0 radical (unpaired) electrons. The Balaban J connectivity index is 1.37. The van der Waals surface area contributed by atoms with Crippen molar-refractivity contribution in [2.45, 2.75) is 50.7 Å². The molecule has 0 amide bonds. The molecule has 3 heterocycles. The van der Waals surface area contributed by atoms with Crippen LogP contribution in [0.4, 0.5) is 0 Å². The van der Waals surface area contributed by atoms with Gasteiger partial charge in [-0.2, -0.15) is 0 Å². The van der Waals surface area contributed by atoms with E-state index in [0.717, 1.165) is 43.6 Å². The molecule has 1 aliphatic heterocycles. The number of piperazine rings is 1. The van der Waals surface area contributed by atoms with Crippen molar-refractivity contribution >= 4 is 0 Å². The highest BCUT2D eigenvalue weighted by atomic mass is 15.6. The van der Waals surface area contributed by atoms with Crippen LogP contribution in [0.25, 0.3) is 0 Å². The lowest BCUT2D eigenvalue weighted by molar-refractivity contribution is 0.0620. The largest absolute Gasteiger partial charge is 0.298 e. The molecular weight excluding hydrogens is 386 g/mol. The van der Waals surface area contributed by atoms with Crippen molar-refractivity contribution in [3.05, 3.63) is 71.8 Å². The molecule has 2 aromatic heterocycles. The van der Waals surface area contributed by atoms with Gasteiger partial charge in [0, 0.05) is 44.6 Å². The van der Waals surface area contributed by atoms with Gasteiger partial charge in [0.25, 0.3) is 0 Å². The highest BCUT2D eigenvalue weighted by molar-refractivity contribution is 5.23. The number of rotatable bonds is 6. The average Bonchev–Trinajstić information content (AvgIpc) is 3.29. The summed E-state index contributed by atoms with van der Waals surface area (Å²) in [5.41, 5.74) is 2.35. The molecule has 7 nitrogen and oxygen atoms in total. The summed E-state index contributed by atoms with van der Waals surface area (Å²) in [7, 11) is 0. The summed E-state index contributed by atoms with van der Waals surface area (Å²) < 4.78 is 1.94. The average molecular weight is 418 g/mol. The summed E-state index contributed by atoms with van der Waals surface area (Å²) in [6.45, 7) is 4.94. The molecule has 31 heavy (non-hydrogen) atoms. The van der Waals surface area contributed by atoms with E-state index in [1.54, 1.807) is 0 Å².